The lowest BCUT2D eigenvalue weighted by Crippen LogP contribution is -2.50. The number of anilines is 1. The molecule has 0 saturated carbocycles. The SMILES string of the molecule is CC.CCOC(NC(=O)c1nn(S(=O)(=O)N(C)C)c(N2CCC[C@@H](NC(=O)OC(C)(C)C)C2)c1Cc1cc(F)ccc1Cl)C(OCC)OCC. The summed E-state index contributed by atoms with van der Waals surface area (Å²) in [7, 11) is -1.64. The Labute approximate surface area is 301 Å². The fourth-order valence-electron chi connectivity index (χ4n) is 5.14. The number of carbonyl (C=O) groups excluding carboxylic acids is 2. The minimum atomic E-state index is -4.32. The molecule has 17 heteroatoms. The summed E-state index contributed by atoms with van der Waals surface area (Å²) in [5.41, 5.74) is -0.506. The van der Waals surface area contributed by atoms with Gasteiger partial charge in [-0.1, -0.05) is 25.4 Å². The molecule has 2 N–H and O–H groups in total. The smallest absolute Gasteiger partial charge is 0.407 e. The van der Waals surface area contributed by atoms with Crippen LogP contribution in [0.4, 0.5) is 15.0 Å². The predicted molar refractivity (Wildman–Crippen MR) is 190 cm³/mol. The fourth-order valence-corrected chi connectivity index (χ4v) is 6.26. The molecule has 1 aromatic carbocycles. The number of benzene rings is 1. The molecular weight excluding hydrogens is 695 g/mol. The summed E-state index contributed by atoms with van der Waals surface area (Å²) in [4.78, 5) is 28.5. The number of amides is 2. The number of hydrogen-bond acceptors (Lipinski definition) is 10. The molecule has 0 spiro atoms. The molecule has 50 heavy (non-hydrogen) atoms. The van der Waals surface area contributed by atoms with Gasteiger partial charge in [-0.3, -0.25) is 4.79 Å². The number of ether oxygens (including phenoxy) is 4. The highest BCUT2D eigenvalue weighted by Gasteiger charge is 2.37. The quantitative estimate of drug-likeness (QED) is 0.240. The highest BCUT2D eigenvalue weighted by molar-refractivity contribution is 7.87. The number of hydrogen-bond donors (Lipinski definition) is 2. The molecule has 1 aliphatic heterocycles. The van der Waals surface area contributed by atoms with Crippen LogP contribution >= 0.6 is 11.6 Å². The van der Waals surface area contributed by atoms with Crippen LogP contribution in [-0.4, -0.2) is 105 Å². The van der Waals surface area contributed by atoms with Gasteiger partial charge in [0.05, 0.1) is 0 Å². The third-order valence-corrected chi connectivity index (χ3v) is 9.15. The number of alkyl carbamates (subject to hydrolysis) is 1. The zero-order valence-corrected chi connectivity index (χ0v) is 32.4. The molecule has 2 amide bonds. The molecule has 1 aromatic heterocycles. The fraction of sp³-hybridized carbons (Fsp3) is 0.667. The Bertz CT molecular complexity index is 1510. The Morgan fingerprint density at radius 1 is 1.10 bits per heavy atom. The molecule has 2 heterocycles. The third kappa shape index (κ3) is 11.8. The summed E-state index contributed by atoms with van der Waals surface area (Å²) in [5, 5.41) is 10.2. The maximum absolute atomic E-state index is 14.5. The van der Waals surface area contributed by atoms with Crippen LogP contribution in [0, 0.1) is 5.82 Å². The van der Waals surface area contributed by atoms with Gasteiger partial charge in [0.15, 0.2) is 11.9 Å². The van der Waals surface area contributed by atoms with Crippen molar-refractivity contribution in [3.05, 3.63) is 45.9 Å². The second-order valence-electron chi connectivity index (χ2n) is 12.3. The van der Waals surface area contributed by atoms with E-state index in [1.165, 1.54) is 32.3 Å². The Morgan fingerprint density at radius 2 is 1.72 bits per heavy atom. The van der Waals surface area contributed by atoms with Crippen molar-refractivity contribution in [1.29, 1.82) is 0 Å². The summed E-state index contributed by atoms with van der Waals surface area (Å²) in [5.74, 6) is -1.28. The molecular formula is C33H54ClFN6O8S. The molecule has 0 bridgehead atoms. The van der Waals surface area contributed by atoms with Gasteiger partial charge in [-0.25, -0.2) is 9.18 Å². The van der Waals surface area contributed by atoms with Crippen molar-refractivity contribution in [1.82, 2.24) is 24.1 Å². The zero-order valence-electron chi connectivity index (χ0n) is 30.8. The predicted octanol–water partition coefficient (Wildman–Crippen LogP) is 4.93. The molecule has 0 radical (unpaired) electrons. The van der Waals surface area contributed by atoms with Crippen molar-refractivity contribution in [3.63, 3.8) is 0 Å². The summed E-state index contributed by atoms with van der Waals surface area (Å²) in [6, 6.07) is 3.38. The van der Waals surface area contributed by atoms with E-state index >= 15 is 0 Å². The molecule has 1 fully saturated rings. The van der Waals surface area contributed by atoms with Gasteiger partial charge in [-0.05, 0) is 78.1 Å². The molecule has 1 aliphatic rings. The number of piperidine rings is 1. The Morgan fingerprint density at radius 3 is 2.28 bits per heavy atom. The van der Waals surface area contributed by atoms with E-state index in [0.29, 0.717) is 24.9 Å². The average Bonchev–Trinajstić information content (AvgIpc) is 3.42. The zero-order chi connectivity index (χ0) is 37.8. The minimum Gasteiger partial charge on any atom is -0.444 e. The molecule has 0 aliphatic carbocycles. The molecule has 1 unspecified atom stereocenters. The van der Waals surface area contributed by atoms with Crippen molar-refractivity contribution in [2.24, 2.45) is 0 Å². The standard InChI is InChI=1S/C31H48ClFN6O8S.C2H6/c1-9-44-27(29(45-10-2)46-11-3)35-26(40)25-23(18-20-17-21(33)14-15-24(20)32)28(39(36-25)48(42,43)37(7)8)38-16-12-13-22(19-38)34-30(41)47-31(4,5)6;1-2/h14-15,17,22,27,29H,9-13,16,18-19H2,1-8H3,(H,34,41)(H,35,40);1-2H3/t22-,27?;/m1./s1. The summed E-state index contributed by atoms with van der Waals surface area (Å²) < 4.78 is 66.4. The third-order valence-electron chi connectivity index (χ3n) is 7.17. The molecule has 284 valence electrons. The van der Waals surface area contributed by atoms with E-state index in [4.69, 9.17) is 30.5 Å². The molecule has 1 saturated heterocycles. The lowest BCUT2D eigenvalue weighted by molar-refractivity contribution is -0.207. The highest BCUT2D eigenvalue weighted by Crippen LogP contribution is 2.33. The number of aromatic nitrogens is 2. The van der Waals surface area contributed by atoms with E-state index in [-0.39, 0.29) is 54.9 Å². The van der Waals surface area contributed by atoms with E-state index in [1.54, 1.807) is 46.4 Å². The second-order valence-corrected chi connectivity index (χ2v) is 14.6. The summed E-state index contributed by atoms with van der Waals surface area (Å²) >= 11 is 6.48. The maximum atomic E-state index is 14.5. The first kappa shape index (κ1) is 43.1. The van der Waals surface area contributed by atoms with Crippen LogP contribution in [0.3, 0.4) is 0 Å². The van der Waals surface area contributed by atoms with Gasteiger partial charge < -0.3 is 34.5 Å². The number of rotatable bonds is 15. The van der Waals surface area contributed by atoms with Gasteiger partial charge in [0.1, 0.15) is 17.2 Å². The van der Waals surface area contributed by atoms with Crippen LogP contribution in [0.2, 0.25) is 5.02 Å². The summed E-state index contributed by atoms with van der Waals surface area (Å²) in [6.45, 7) is 15.8. The van der Waals surface area contributed by atoms with Gasteiger partial charge in [0.25, 0.3) is 5.91 Å². The van der Waals surface area contributed by atoms with Crippen LogP contribution in [0.25, 0.3) is 0 Å². The summed E-state index contributed by atoms with van der Waals surface area (Å²) in [6.07, 6.45) is -1.67. The maximum Gasteiger partial charge on any atom is 0.407 e. The molecule has 2 aromatic rings. The number of halogens is 2. The van der Waals surface area contributed by atoms with Crippen LogP contribution in [0.1, 0.15) is 89.8 Å². The molecule has 3 rings (SSSR count). The first-order valence-corrected chi connectivity index (χ1v) is 18.7. The van der Waals surface area contributed by atoms with Gasteiger partial charge in [0.2, 0.25) is 6.29 Å². The van der Waals surface area contributed by atoms with Crippen LogP contribution in [0.15, 0.2) is 18.2 Å². The van der Waals surface area contributed by atoms with Gasteiger partial charge >= 0.3 is 16.3 Å². The Kier molecular flexibility index (Phi) is 16.9. The normalized spacial score (nSPS) is 15.8. The van der Waals surface area contributed by atoms with E-state index in [0.717, 1.165) is 8.39 Å². The van der Waals surface area contributed by atoms with E-state index in [9.17, 15) is 22.4 Å². The van der Waals surface area contributed by atoms with Gasteiger partial charge in [-0.2, -0.15) is 12.7 Å². The first-order valence-electron chi connectivity index (χ1n) is 16.9. The number of nitrogens with one attached hydrogen (secondary N) is 2. The van der Waals surface area contributed by atoms with Crippen molar-refractivity contribution < 1.29 is 41.3 Å². The monoisotopic (exact) mass is 748 g/mol. The second kappa shape index (κ2) is 19.6. The molecule has 2 atom stereocenters. The average molecular weight is 749 g/mol. The first-order chi connectivity index (χ1) is 23.5. The van der Waals surface area contributed by atoms with Crippen LogP contribution in [0.5, 0.6) is 0 Å². The number of carbonyl (C=O) groups is 2. The van der Waals surface area contributed by atoms with Crippen molar-refractivity contribution >= 4 is 39.6 Å². The lowest BCUT2D eigenvalue weighted by atomic mass is 10.0. The highest BCUT2D eigenvalue weighted by atomic mass is 35.5. The van der Waals surface area contributed by atoms with Gasteiger partial charge in [-0.15, -0.1) is 9.19 Å². The van der Waals surface area contributed by atoms with Crippen LogP contribution < -0.4 is 15.5 Å². The van der Waals surface area contributed by atoms with Crippen molar-refractivity contribution in [2.75, 3.05) is 51.9 Å². The van der Waals surface area contributed by atoms with Crippen molar-refractivity contribution in [2.45, 2.75) is 98.8 Å². The lowest BCUT2D eigenvalue weighted by Gasteiger charge is -2.35. The Hall–Kier alpha value is -3.02. The largest absolute Gasteiger partial charge is 0.444 e. The number of nitrogens with zero attached hydrogens (tertiary/aromatic N) is 4. The van der Waals surface area contributed by atoms with E-state index < -0.39 is 52.2 Å². The molecule has 14 nitrogen and oxygen atoms in total. The van der Waals surface area contributed by atoms with E-state index in [2.05, 4.69) is 15.7 Å². The minimum absolute atomic E-state index is 0.0731. The van der Waals surface area contributed by atoms with Crippen molar-refractivity contribution in [3.8, 4) is 0 Å². The topological polar surface area (TPSA) is 154 Å². The van der Waals surface area contributed by atoms with Crippen LogP contribution in [-0.2, 0) is 35.6 Å². The Balaban J connectivity index is 0.00000425. The van der Waals surface area contributed by atoms with E-state index in [1.807, 2.05) is 13.8 Å². The van der Waals surface area contributed by atoms with Gasteiger partial charge in [0, 0.05) is 70.1 Å².